The highest BCUT2D eigenvalue weighted by Crippen LogP contribution is 2.21. The predicted molar refractivity (Wildman–Crippen MR) is 147 cm³/mol. The molecule has 0 aliphatic heterocycles. The second-order valence-corrected chi connectivity index (χ2v) is 9.30. The van der Waals surface area contributed by atoms with Crippen molar-refractivity contribution in [1.29, 1.82) is 0 Å². The third kappa shape index (κ3) is 7.25. The summed E-state index contributed by atoms with van der Waals surface area (Å²) < 4.78 is 7.19. The average Bonchev–Trinajstić information content (AvgIpc) is 3.27. The summed E-state index contributed by atoms with van der Waals surface area (Å²) in [6.45, 7) is 2.26. The molecule has 0 fully saturated rings. The van der Waals surface area contributed by atoms with Crippen molar-refractivity contribution in [2.24, 2.45) is 5.10 Å². The molecule has 0 radical (unpaired) electrons. The summed E-state index contributed by atoms with van der Waals surface area (Å²) in [5, 5.41) is 16.2. The van der Waals surface area contributed by atoms with Gasteiger partial charge in [0.25, 0.3) is 5.95 Å². The Hall–Kier alpha value is -4.02. The number of hydrogen-bond acceptors (Lipinski definition) is 8. The van der Waals surface area contributed by atoms with E-state index < -0.39 is 0 Å². The van der Waals surface area contributed by atoms with Crippen LogP contribution in [0, 0.1) is 0 Å². The molecule has 4 N–H and O–H groups in total. The molecular weight excluding hydrogens is 510 g/mol. The number of carbonyl (C=O) groups excluding carboxylic acids is 1. The first-order valence-electron chi connectivity index (χ1n) is 11.4. The summed E-state index contributed by atoms with van der Waals surface area (Å²) in [6.07, 6.45) is 1.60. The third-order valence-corrected chi connectivity index (χ3v) is 6.61. The van der Waals surface area contributed by atoms with E-state index in [1.54, 1.807) is 6.21 Å². The topological polar surface area (TPSA) is 119 Å². The number of nitrogens with one attached hydrogen (secondary N) is 2. The second kappa shape index (κ2) is 12.8. The summed E-state index contributed by atoms with van der Waals surface area (Å²) >= 11 is 7.40. The van der Waals surface area contributed by atoms with Crippen LogP contribution in [0.25, 0.3) is 0 Å². The predicted octanol–water partition coefficient (Wildman–Crippen LogP) is 4.64. The summed E-state index contributed by atoms with van der Waals surface area (Å²) in [6, 6.07) is 24.7. The maximum absolute atomic E-state index is 12.4. The number of nitrogens with zero attached hydrogens (tertiary/aromatic N) is 4. The van der Waals surface area contributed by atoms with Gasteiger partial charge in [0.1, 0.15) is 12.4 Å². The van der Waals surface area contributed by atoms with Crippen molar-refractivity contribution in [1.82, 2.24) is 20.2 Å². The number of amides is 1. The van der Waals surface area contributed by atoms with Crippen molar-refractivity contribution in [2.75, 3.05) is 17.0 Å². The number of ether oxygens (including phenoxy) is 1. The Morgan fingerprint density at radius 1 is 1.11 bits per heavy atom. The molecule has 0 aliphatic rings. The lowest BCUT2D eigenvalue weighted by atomic mass is 10.1. The van der Waals surface area contributed by atoms with Crippen LogP contribution in [-0.4, -0.2) is 32.7 Å². The molecule has 0 saturated carbocycles. The van der Waals surface area contributed by atoms with Crippen LogP contribution in [0.4, 0.5) is 5.95 Å². The van der Waals surface area contributed by atoms with E-state index in [9.17, 15) is 4.79 Å². The zero-order chi connectivity index (χ0) is 26.0. The number of nitrogens with two attached hydrogens (primary N) is 1. The number of aromatic nitrogens is 3. The van der Waals surface area contributed by atoms with Gasteiger partial charge in [-0.1, -0.05) is 84.0 Å². The molecule has 1 aromatic heterocycles. The number of anilines is 1. The molecule has 0 aliphatic carbocycles. The number of hydrazone groups is 1. The summed E-state index contributed by atoms with van der Waals surface area (Å²) in [7, 11) is 0. The summed E-state index contributed by atoms with van der Waals surface area (Å²) in [5.74, 6) is 6.97. The Kier molecular flexibility index (Phi) is 9.01. The van der Waals surface area contributed by atoms with Gasteiger partial charge in [-0.05, 0) is 30.7 Å². The Labute approximate surface area is 224 Å². The minimum Gasteiger partial charge on any atom is -0.488 e. The fourth-order valence-corrected chi connectivity index (χ4v) is 4.20. The van der Waals surface area contributed by atoms with E-state index in [4.69, 9.17) is 22.2 Å². The van der Waals surface area contributed by atoms with E-state index in [0.29, 0.717) is 22.5 Å². The van der Waals surface area contributed by atoms with Gasteiger partial charge in [-0.15, -0.1) is 10.2 Å². The highest BCUT2D eigenvalue weighted by atomic mass is 35.5. The first-order chi connectivity index (χ1) is 18.0. The van der Waals surface area contributed by atoms with Gasteiger partial charge in [-0.2, -0.15) is 5.10 Å². The molecule has 1 amide bonds. The monoisotopic (exact) mass is 535 g/mol. The third-order valence-electron chi connectivity index (χ3n) is 5.30. The number of halogens is 1. The number of carbonyl (C=O) groups is 1. The Morgan fingerprint density at radius 2 is 1.84 bits per heavy atom. The maximum Gasteiger partial charge on any atom is 0.264 e. The highest BCUT2D eigenvalue weighted by molar-refractivity contribution is 7.99. The van der Waals surface area contributed by atoms with Gasteiger partial charge < -0.3 is 15.9 Å². The molecule has 0 spiro atoms. The van der Waals surface area contributed by atoms with Crippen molar-refractivity contribution in [2.45, 2.75) is 24.7 Å². The average molecular weight is 536 g/mol. The zero-order valence-corrected chi connectivity index (χ0v) is 21.6. The van der Waals surface area contributed by atoms with Crippen LogP contribution in [-0.2, 0) is 11.4 Å². The van der Waals surface area contributed by atoms with E-state index >= 15 is 0 Å². The maximum atomic E-state index is 12.4. The van der Waals surface area contributed by atoms with Crippen LogP contribution in [0.2, 0.25) is 5.02 Å². The molecule has 190 valence electrons. The molecular formula is C26H26ClN7O2S. The van der Waals surface area contributed by atoms with Crippen LogP contribution < -0.4 is 21.3 Å². The lowest BCUT2D eigenvalue weighted by Gasteiger charge is -2.13. The molecule has 4 rings (SSSR count). The zero-order valence-electron chi connectivity index (χ0n) is 20.0. The van der Waals surface area contributed by atoms with Gasteiger partial charge >= 0.3 is 0 Å². The fraction of sp³-hybridized carbons (Fsp3) is 0.154. The van der Waals surface area contributed by atoms with Crippen LogP contribution in [0.1, 0.15) is 29.7 Å². The van der Waals surface area contributed by atoms with Gasteiger partial charge in [0.2, 0.25) is 11.1 Å². The number of para-hydroxylation sites is 1. The lowest BCUT2D eigenvalue weighted by Crippen LogP contribution is -2.28. The molecule has 1 atom stereocenters. The van der Waals surface area contributed by atoms with E-state index in [0.717, 1.165) is 16.7 Å². The van der Waals surface area contributed by atoms with E-state index in [-0.39, 0.29) is 23.7 Å². The van der Waals surface area contributed by atoms with E-state index in [1.165, 1.54) is 16.4 Å². The molecule has 3 aromatic carbocycles. The normalized spacial score (nSPS) is 11.8. The van der Waals surface area contributed by atoms with Crippen molar-refractivity contribution in [3.8, 4) is 5.75 Å². The molecule has 1 unspecified atom stereocenters. The highest BCUT2D eigenvalue weighted by Gasteiger charge is 2.14. The minimum atomic E-state index is -0.134. The van der Waals surface area contributed by atoms with Crippen LogP contribution in [0.5, 0.6) is 5.75 Å². The molecule has 11 heteroatoms. The Bertz CT molecular complexity index is 1360. The molecule has 0 bridgehead atoms. The number of benzene rings is 3. The van der Waals surface area contributed by atoms with Crippen LogP contribution in [0.3, 0.4) is 0 Å². The van der Waals surface area contributed by atoms with Gasteiger partial charge in [0.05, 0.1) is 18.0 Å². The molecule has 0 saturated heterocycles. The molecule has 1 heterocycles. The Morgan fingerprint density at radius 3 is 2.65 bits per heavy atom. The van der Waals surface area contributed by atoms with Gasteiger partial charge in [0, 0.05) is 16.1 Å². The van der Waals surface area contributed by atoms with Crippen LogP contribution in [0.15, 0.2) is 89.1 Å². The van der Waals surface area contributed by atoms with Crippen molar-refractivity contribution in [3.05, 3.63) is 101 Å². The molecule has 37 heavy (non-hydrogen) atoms. The van der Waals surface area contributed by atoms with E-state index in [1.807, 2.05) is 85.8 Å². The second-order valence-electron chi connectivity index (χ2n) is 7.95. The largest absolute Gasteiger partial charge is 0.488 e. The Balaban J connectivity index is 1.30. The quantitative estimate of drug-likeness (QED) is 0.111. The fourth-order valence-electron chi connectivity index (χ4n) is 3.34. The first-order valence-corrected chi connectivity index (χ1v) is 12.8. The van der Waals surface area contributed by atoms with Gasteiger partial charge in [0.15, 0.2) is 0 Å². The standard InChI is InChI=1S/C26H26ClN7O2S/c1-18(19-9-3-2-4-10-19)30-24(35)17-37-26-33-32-25(34(26)28)31-29-15-20-11-6-8-14-23(20)36-16-21-12-5-7-13-22(21)27/h2-15,18H,16-17,28H2,1H3,(H,30,35)(H,31,32)/b29-15+. The first kappa shape index (κ1) is 26.1. The number of thioether (sulfide) groups is 1. The molecule has 4 aromatic rings. The lowest BCUT2D eigenvalue weighted by molar-refractivity contribution is -0.119. The van der Waals surface area contributed by atoms with Crippen molar-refractivity contribution >= 4 is 41.4 Å². The van der Waals surface area contributed by atoms with Crippen molar-refractivity contribution in [3.63, 3.8) is 0 Å². The summed E-state index contributed by atoms with van der Waals surface area (Å²) in [5.41, 5.74) is 5.45. The van der Waals surface area contributed by atoms with Gasteiger partial charge in [-0.25, -0.2) is 10.1 Å². The molecule has 9 nitrogen and oxygen atoms in total. The van der Waals surface area contributed by atoms with Crippen LogP contribution >= 0.6 is 23.4 Å². The van der Waals surface area contributed by atoms with Gasteiger partial charge in [-0.3, -0.25) is 4.79 Å². The van der Waals surface area contributed by atoms with E-state index in [2.05, 4.69) is 26.0 Å². The number of rotatable bonds is 11. The number of hydrogen-bond donors (Lipinski definition) is 3. The smallest absolute Gasteiger partial charge is 0.264 e. The number of nitrogen functional groups attached to an aromatic ring is 1. The van der Waals surface area contributed by atoms with Crippen molar-refractivity contribution < 1.29 is 9.53 Å². The SMILES string of the molecule is CC(NC(=O)CSc1nnc(N/N=C/c2ccccc2OCc2ccccc2Cl)n1N)c1ccccc1. The summed E-state index contributed by atoms with van der Waals surface area (Å²) in [4.78, 5) is 12.4. The minimum absolute atomic E-state index is 0.104.